The number of halogens is 3. The Hall–Kier alpha value is -2.08. The predicted molar refractivity (Wildman–Crippen MR) is 69.7 cm³/mol. The minimum atomic E-state index is -3.48. The average molecular weight is 282 g/mol. The van der Waals surface area contributed by atoms with Crippen molar-refractivity contribution >= 4 is 11.5 Å². The first-order valence-corrected chi connectivity index (χ1v) is 5.91. The molecule has 0 radical (unpaired) electrons. The zero-order valence-electron chi connectivity index (χ0n) is 10.7. The molecule has 2 N–H and O–H groups in total. The summed E-state index contributed by atoms with van der Waals surface area (Å²) in [7, 11) is 0. The SMILES string of the molecule is CC(F)(F)C(=O)C1=CC=CN(c2ccc(F)cc2)C1N. The van der Waals surface area contributed by atoms with Gasteiger partial charge in [0, 0.05) is 24.4 Å². The van der Waals surface area contributed by atoms with E-state index in [9.17, 15) is 18.0 Å². The van der Waals surface area contributed by atoms with Crippen LogP contribution in [0, 0.1) is 5.82 Å². The first-order chi connectivity index (χ1) is 9.30. The van der Waals surface area contributed by atoms with Crippen molar-refractivity contribution in [2.45, 2.75) is 19.0 Å². The molecule has 106 valence electrons. The molecule has 1 aliphatic rings. The van der Waals surface area contributed by atoms with Crippen LogP contribution in [0.1, 0.15) is 6.92 Å². The lowest BCUT2D eigenvalue weighted by molar-refractivity contribution is -0.136. The summed E-state index contributed by atoms with van der Waals surface area (Å²) in [5.74, 6) is -5.22. The lowest BCUT2D eigenvalue weighted by Crippen LogP contribution is -2.46. The van der Waals surface area contributed by atoms with Gasteiger partial charge in [-0.2, -0.15) is 8.78 Å². The van der Waals surface area contributed by atoms with E-state index in [4.69, 9.17) is 5.73 Å². The van der Waals surface area contributed by atoms with E-state index in [1.807, 2.05) is 0 Å². The first-order valence-electron chi connectivity index (χ1n) is 5.91. The van der Waals surface area contributed by atoms with Gasteiger partial charge in [0.05, 0.1) is 0 Å². The maximum Gasteiger partial charge on any atom is 0.306 e. The number of benzene rings is 1. The summed E-state index contributed by atoms with van der Waals surface area (Å²) in [4.78, 5) is 13.1. The molecule has 3 nitrogen and oxygen atoms in total. The number of nitrogens with zero attached hydrogens (tertiary/aromatic N) is 1. The third-order valence-corrected chi connectivity index (χ3v) is 2.93. The normalized spacial score (nSPS) is 18.9. The second-order valence-corrected chi connectivity index (χ2v) is 4.51. The number of anilines is 1. The highest BCUT2D eigenvalue weighted by Gasteiger charge is 2.38. The number of alkyl halides is 2. The monoisotopic (exact) mass is 282 g/mol. The van der Waals surface area contributed by atoms with E-state index in [-0.39, 0.29) is 5.57 Å². The van der Waals surface area contributed by atoms with Crippen LogP contribution in [0.25, 0.3) is 0 Å². The number of ketones is 1. The molecule has 0 fully saturated rings. The fraction of sp³-hybridized carbons (Fsp3) is 0.214. The molecule has 1 heterocycles. The molecule has 1 aliphatic heterocycles. The van der Waals surface area contributed by atoms with Crippen molar-refractivity contribution in [3.8, 4) is 0 Å². The van der Waals surface area contributed by atoms with E-state index in [1.165, 1.54) is 41.3 Å². The number of hydrogen-bond donors (Lipinski definition) is 1. The molecule has 2 rings (SSSR count). The predicted octanol–water partition coefficient (Wildman–Crippen LogP) is 2.59. The molecule has 1 unspecified atom stereocenters. The number of nitrogens with two attached hydrogens (primary N) is 1. The van der Waals surface area contributed by atoms with Gasteiger partial charge in [-0.05, 0) is 30.3 Å². The van der Waals surface area contributed by atoms with Crippen molar-refractivity contribution in [2.24, 2.45) is 5.73 Å². The third kappa shape index (κ3) is 2.75. The molecule has 20 heavy (non-hydrogen) atoms. The van der Waals surface area contributed by atoms with E-state index in [0.717, 1.165) is 0 Å². The van der Waals surface area contributed by atoms with Crippen LogP contribution in [0.5, 0.6) is 0 Å². The van der Waals surface area contributed by atoms with Crippen molar-refractivity contribution in [3.05, 3.63) is 54.0 Å². The lowest BCUT2D eigenvalue weighted by atomic mass is 10.0. The highest BCUT2D eigenvalue weighted by Crippen LogP contribution is 2.27. The minimum absolute atomic E-state index is 0.190. The van der Waals surface area contributed by atoms with Crippen LogP contribution in [-0.2, 0) is 4.79 Å². The number of hydrogen-bond acceptors (Lipinski definition) is 3. The molecule has 0 saturated carbocycles. The molecule has 1 aromatic carbocycles. The quantitative estimate of drug-likeness (QED) is 0.927. The first kappa shape index (κ1) is 14.3. The second-order valence-electron chi connectivity index (χ2n) is 4.51. The molecular weight excluding hydrogens is 269 g/mol. The van der Waals surface area contributed by atoms with Crippen LogP contribution >= 0.6 is 0 Å². The van der Waals surface area contributed by atoms with Crippen LogP contribution in [0.4, 0.5) is 18.9 Å². The Bertz CT molecular complexity index is 573. The molecule has 0 spiro atoms. The van der Waals surface area contributed by atoms with Crippen LogP contribution in [0.3, 0.4) is 0 Å². The molecule has 0 aliphatic carbocycles. The zero-order chi connectivity index (χ0) is 14.9. The van der Waals surface area contributed by atoms with Gasteiger partial charge in [-0.3, -0.25) is 4.79 Å². The number of carbonyl (C=O) groups excluding carboxylic acids is 1. The van der Waals surface area contributed by atoms with Crippen molar-refractivity contribution in [1.82, 2.24) is 0 Å². The molecule has 6 heteroatoms. The van der Waals surface area contributed by atoms with Gasteiger partial charge in [-0.15, -0.1) is 0 Å². The summed E-state index contributed by atoms with van der Waals surface area (Å²) in [6.45, 7) is 0.531. The Balaban J connectivity index is 2.29. The van der Waals surface area contributed by atoms with Gasteiger partial charge in [-0.25, -0.2) is 4.39 Å². The summed E-state index contributed by atoms with van der Waals surface area (Å²) in [6, 6.07) is 5.36. The largest absolute Gasteiger partial charge is 0.328 e. The molecule has 0 saturated heterocycles. The fourth-order valence-electron chi connectivity index (χ4n) is 1.90. The van der Waals surface area contributed by atoms with Crippen LogP contribution in [0.2, 0.25) is 0 Å². The minimum Gasteiger partial charge on any atom is -0.328 e. The average Bonchev–Trinajstić information content (AvgIpc) is 2.38. The standard InChI is InChI=1S/C14H13F3N2O/c1-14(16,17)12(20)11-3-2-8-19(13(11)18)10-6-4-9(15)5-7-10/h2-8,13H,18H2,1H3. The van der Waals surface area contributed by atoms with E-state index in [1.54, 1.807) is 6.20 Å². The third-order valence-electron chi connectivity index (χ3n) is 2.93. The molecule has 0 amide bonds. The Morgan fingerprint density at radius 3 is 2.45 bits per heavy atom. The van der Waals surface area contributed by atoms with Crippen molar-refractivity contribution < 1.29 is 18.0 Å². The van der Waals surface area contributed by atoms with Crippen molar-refractivity contribution in [1.29, 1.82) is 0 Å². The van der Waals surface area contributed by atoms with Gasteiger partial charge in [0.25, 0.3) is 0 Å². The summed E-state index contributed by atoms with van der Waals surface area (Å²) in [5, 5.41) is 0. The smallest absolute Gasteiger partial charge is 0.306 e. The Morgan fingerprint density at radius 1 is 1.30 bits per heavy atom. The number of carbonyl (C=O) groups is 1. The summed E-state index contributed by atoms with van der Waals surface area (Å²) in [5.41, 5.74) is 6.17. The van der Waals surface area contributed by atoms with Gasteiger partial charge in [0.15, 0.2) is 0 Å². The second kappa shape index (κ2) is 5.13. The molecular formula is C14H13F3N2O. The summed E-state index contributed by atoms with van der Waals surface area (Å²) >= 11 is 0. The zero-order valence-corrected chi connectivity index (χ0v) is 10.7. The van der Waals surface area contributed by atoms with E-state index in [2.05, 4.69) is 0 Å². The Morgan fingerprint density at radius 2 is 1.90 bits per heavy atom. The lowest BCUT2D eigenvalue weighted by Gasteiger charge is -2.32. The Kier molecular flexibility index (Phi) is 3.67. The van der Waals surface area contributed by atoms with Crippen molar-refractivity contribution in [2.75, 3.05) is 4.90 Å². The Labute approximate surface area is 114 Å². The van der Waals surface area contributed by atoms with Crippen LogP contribution in [-0.4, -0.2) is 17.9 Å². The van der Waals surface area contributed by atoms with Gasteiger partial charge in [0.1, 0.15) is 12.0 Å². The van der Waals surface area contributed by atoms with Gasteiger partial charge in [-0.1, -0.05) is 6.08 Å². The number of allylic oxidation sites excluding steroid dienone is 2. The highest BCUT2D eigenvalue weighted by molar-refractivity contribution is 6.02. The molecule has 1 atom stereocenters. The topological polar surface area (TPSA) is 46.3 Å². The van der Waals surface area contributed by atoms with Gasteiger partial charge in [0.2, 0.25) is 5.78 Å². The van der Waals surface area contributed by atoms with E-state index < -0.39 is 23.7 Å². The van der Waals surface area contributed by atoms with Gasteiger partial charge < -0.3 is 10.6 Å². The molecule has 1 aromatic rings. The summed E-state index contributed by atoms with van der Waals surface area (Å²) < 4.78 is 39.1. The number of Topliss-reactive ketones (excluding diaryl/α,β-unsaturated/α-hetero) is 1. The van der Waals surface area contributed by atoms with Crippen LogP contribution in [0.15, 0.2) is 48.2 Å². The summed E-state index contributed by atoms with van der Waals surface area (Å²) in [6.07, 6.45) is 3.22. The highest BCUT2D eigenvalue weighted by atomic mass is 19.3. The van der Waals surface area contributed by atoms with Crippen LogP contribution < -0.4 is 10.6 Å². The van der Waals surface area contributed by atoms with E-state index >= 15 is 0 Å². The molecule has 0 aromatic heterocycles. The van der Waals surface area contributed by atoms with Gasteiger partial charge >= 0.3 is 5.92 Å². The van der Waals surface area contributed by atoms with E-state index in [0.29, 0.717) is 12.6 Å². The fourth-order valence-corrected chi connectivity index (χ4v) is 1.90. The number of rotatable bonds is 3. The van der Waals surface area contributed by atoms with Crippen molar-refractivity contribution in [3.63, 3.8) is 0 Å². The maximum absolute atomic E-state index is 13.1. The molecule has 0 bridgehead atoms. The maximum atomic E-state index is 13.1.